The SMILES string of the molecule is COC(=O)C[C@]1(C(=O)OC)Oc2ccccc2C(=O)N1Cc1cccs1. The average molecular weight is 375 g/mol. The zero-order chi connectivity index (χ0) is 18.7. The van der Waals surface area contributed by atoms with Crippen LogP contribution in [-0.2, 0) is 25.6 Å². The summed E-state index contributed by atoms with van der Waals surface area (Å²) in [6.07, 6.45) is -0.485. The lowest BCUT2D eigenvalue weighted by Gasteiger charge is -2.43. The summed E-state index contributed by atoms with van der Waals surface area (Å²) in [6.45, 7) is 0.0942. The van der Waals surface area contributed by atoms with E-state index in [2.05, 4.69) is 0 Å². The lowest BCUT2D eigenvalue weighted by molar-refractivity contribution is -0.184. The van der Waals surface area contributed by atoms with Crippen LogP contribution in [0.1, 0.15) is 21.7 Å². The third-order valence-electron chi connectivity index (χ3n) is 4.09. The van der Waals surface area contributed by atoms with Crippen molar-refractivity contribution in [1.82, 2.24) is 4.90 Å². The highest BCUT2D eigenvalue weighted by atomic mass is 32.1. The first-order chi connectivity index (χ1) is 12.5. The molecule has 1 atom stereocenters. The fourth-order valence-corrected chi connectivity index (χ4v) is 3.51. The van der Waals surface area contributed by atoms with Crippen LogP contribution in [0.5, 0.6) is 5.75 Å². The highest BCUT2D eigenvalue weighted by Crippen LogP contribution is 2.38. The number of carbonyl (C=O) groups excluding carboxylic acids is 3. The van der Waals surface area contributed by atoms with Gasteiger partial charge in [-0.1, -0.05) is 18.2 Å². The normalized spacial score (nSPS) is 18.7. The number of amides is 1. The van der Waals surface area contributed by atoms with Crippen molar-refractivity contribution in [3.8, 4) is 5.75 Å². The minimum absolute atomic E-state index is 0.0942. The largest absolute Gasteiger partial charge is 0.469 e. The minimum atomic E-state index is -1.93. The number of hydrogen-bond donors (Lipinski definition) is 0. The number of nitrogens with zero attached hydrogens (tertiary/aromatic N) is 1. The molecule has 26 heavy (non-hydrogen) atoms. The number of para-hydroxylation sites is 1. The fraction of sp³-hybridized carbons (Fsp3) is 0.278. The third-order valence-corrected chi connectivity index (χ3v) is 4.95. The van der Waals surface area contributed by atoms with Crippen LogP contribution in [-0.4, -0.2) is 42.7 Å². The van der Waals surface area contributed by atoms with Gasteiger partial charge in [0, 0.05) is 4.88 Å². The van der Waals surface area contributed by atoms with E-state index in [9.17, 15) is 14.4 Å². The van der Waals surface area contributed by atoms with Crippen LogP contribution in [0.3, 0.4) is 0 Å². The van der Waals surface area contributed by atoms with Crippen molar-refractivity contribution >= 4 is 29.2 Å². The Balaban J connectivity index is 2.13. The molecule has 0 spiro atoms. The van der Waals surface area contributed by atoms with Gasteiger partial charge in [-0.05, 0) is 23.6 Å². The van der Waals surface area contributed by atoms with Gasteiger partial charge in [-0.25, -0.2) is 4.79 Å². The molecule has 1 aromatic carbocycles. The molecule has 7 nitrogen and oxygen atoms in total. The Kier molecular flexibility index (Phi) is 4.94. The van der Waals surface area contributed by atoms with Gasteiger partial charge in [-0.3, -0.25) is 14.5 Å². The second-order valence-electron chi connectivity index (χ2n) is 5.60. The summed E-state index contributed by atoms with van der Waals surface area (Å²) in [7, 11) is 2.38. The van der Waals surface area contributed by atoms with Gasteiger partial charge in [0.05, 0.1) is 26.3 Å². The van der Waals surface area contributed by atoms with Crippen molar-refractivity contribution in [2.75, 3.05) is 14.2 Å². The van der Waals surface area contributed by atoms with E-state index >= 15 is 0 Å². The standard InChI is InChI=1S/C18H17NO6S/c1-23-15(20)10-18(17(22)24-2)19(11-12-6-5-9-26-12)16(21)13-7-3-4-8-14(13)25-18/h3-9H,10-11H2,1-2H3/t18-/m1/s1. The van der Waals surface area contributed by atoms with Crippen LogP contribution in [0, 0.1) is 0 Å². The molecule has 1 aromatic heterocycles. The maximum absolute atomic E-state index is 13.1. The van der Waals surface area contributed by atoms with E-state index in [1.165, 1.54) is 30.5 Å². The maximum atomic E-state index is 13.1. The number of carbonyl (C=O) groups is 3. The molecular formula is C18H17NO6S. The van der Waals surface area contributed by atoms with E-state index in [4.69, 9.17) is 14.2 Å². The highest BCUT2D eigenvalue weighted by molar-refractivity contribution is 7.09. The predicted octanol–water partition coefficient (Wildman–Crippen LogP) is 2.22. The molecule has 1 aliphatic heterocycles. The van der Waals surface area contributed by atoms with E-state index in [-0.39, 0.29) is 12.3 Å². The number of benzene rings is 1. The number of esters is 2. The second kappa shape index (κ2) is 7.17. The van der Waals surface area contributed by atoms with Crippen molar-refractivity contribution in [2.45, 2.75) is 18.7 Å². The Morgan fingerprint density at radius 2 is 1.92 bits per heavy atom. The molecule has 0 N–H and O–H groups in total. The van der Waals surface area contributed by atoms with E-state index in [0.29, 0.717) is 5.56 Å². The van der Waals surface area contributed by atoms with Crippen LogP contribution in [0.15, 0.2) is 41.8 Å². The molecule has 0 saturated heterocycles. The van der Waals surface area contributed by atoms with Crippen molar-refractivity contribution in [3.63, 3.8) is 0 Å². The molecule has 0 unspecified atom stereocenters. The Morgan fingerprint density at radius 3 is 2.58 bits per heavy atom. The lowest BCUT2D eigenvalue weighted by Crippen LogP contribution is -2.64. The number of rotatable bonds is 5. The Morgan fingerprint density at radius 1 is 1.15 bits per heavy atom. The van der Waals surface area contributed by atoms with Crippen LogP contribution in [0.25, 0.3) is 0 Å². The van der Waals surface area contributed by atoms with Crippen LogP contribution in [0.2, 0.25) is 0 Å². The topological polar surface area (TPSA) is 82.1 Å². The molecule has 2 heterocycles. The number of hydrogen-bond acceptors (Lipinski definition) is 7. The molecule has 0 bridgehead atoms. The Hall–Kier alpha value is -2.87. The van der Waals surface area contributed by atoms with Gasteiger partial charge in [0.2, 0.25) is 0 Å². The quantitative estimate of drug-likeness (QED) is 0.746. The van der Waals surface area contributed by atoms with E-state index in [1.807, 2.05) is 17.5 Å². The van der Waals surface area contributed by atoms with Crippen molar-refractivity contribution in [2.24, 2.45) is 0 Å². The second-order valence-corrected chi connectivity index (χ2v) is 6.63. The van der Waals surface area contributed by atoms with Crippen LogP contribution in [0.4, 0.5) is 0 Å². The molecular weight excluding hydrogens is 358 g/mol. The van der Waals surface area contributed by atoms with Gasteiger partial charge in [0.15, 0.2) is 0 Å². The summed E-state index contributed by atoms with van der Waals surface area (Å²) in [5.41, 5.74) is -1.62. The van der Waals surface area contributed by atoms with Gasteiger partial charge in [0.25, 0.3) is 11.6 Å². The van der Waals surface area contributed by atoms with E-state index < -0.39 is 30.0 Å². The molecule has 1 amide bonds. The molecule has 0 saturated carbocycles. The first-order valence-electron chi connectivity index (χ1n) is 7.79. The van der Waals surface area contributed by atoms with E-state index in [0.717, 1.165) is 4.88 Å². The number of thiophene rings is 1. The molecule has 2 aromatic rings. The van der Waals surface area contributed by atoms with Gasteiger partial charge >= 0.3 is 11.9 Å². The summed E-state index contributed by atoms with van der Waals surface area (Å²) in [5.74, 6) is -1.75. The van der Waals surface area contributed by atoms with Crippen LogP contribution >= 0.6 is 11.3 Å². The highest BCUT2D eigenvalue weighted by Gasteiger charge is 2.55. The zero-order valence-corrected chi connectivity index (χ0v) is 15.1. The summed E-state index contributed by atoms with van der Waals surface area (Å²) < 4.78 is 15.5. The maximum Gasteiger partial charge on any atom is 0.373 e. The molecule has 3 rings (SSSR count). The van der Waals surface area contributed by atoms with Gasteiger partial charge in [0.1, 0.15) is 12.2 Å². The predicted molar refractivity (Wildman–Crippen MR) is 92.6 cm³/mol. The van der Waals surface area contributed by atoms with E-state index in [1.54, 1.807) is 24.3 Å². The summed E-state index contributed by atoms with van der Waals surface area (Å²) >= 11 is 1.43. The fourth-order valence-electron chi connectivity index (χ4n) is 2.82. The first-order valence-corrected chi connectivity index (χ1v) is 8.67. The van der Waals surface area contributed by atoms with Crippen molar-refractivity contribution < 1.29 is 28.6 Å². The Labute approximate surface area is 154 Å². The third kappa shape index (κ3) is 3.03. The molecule has 0 radical (unpaired) electrons. The summed E-state index contributed by atoms with van der Waals surface area (Å²) in [6, 6.07) is 10.2. The molecule has 0 fully saturated rings. The molecule has 136 valence electrons. The molecule has 8 heteroatoms. The van der Waals surface area contributed by atoms with Gasteiger partial charge in [-0.15, -0.1) is 11.3 Å². The summed E-state index contributed by atoms with van der Waals surface area (Å²) in [4.78, 5) is 39.9. The summed E-state index contributed by atoms with van der Waals surface area (Å²) in [5, 5.41) is 1.86. The van der Waals surface area contributed by atoms with Gasteiger partial charge < -0.3 is 14.2 Å². The first kappa shape index (κ1) is 17.9. The average Bonchev–Trinajstić information content (AvgIpc) is 3.17. The van der Waals surface area contributed by atoms with Crippen molar-refractivity contribution in [1.29, 1.82) is 0 Å². The Bertz CT molecular complexity index is 834. The monoisotopic (exact) mass is 375 g/mol. The van der Waals surface area contributed by atoms with Crippen molar-refractivity contribution in [3.05, 3.63) is 52.2 Å². The lowest BCUT2D eigenvalue weighted by atomic mass is 10.0. The van der Waals surface area contributed by atoms with Crippen LogP contribution < -0.4 is 4.74 Å². The molecule has 1 aliphatic rings. The number of fused-ring (bicyclic) bond motifs is 1. The zero-order valence-electron chi connectivity index (χ0n) is 14.3. The smallest absolute Gasteiger partial charge is 0.373 e. The van der Waals surface area contributed by atoms with Gasteiger partial charge in [-0.2, -0.15) is 0 Å². The molecule has 0 aliphatic carbocycles. The number of methoxy groups -OCH3 is 2. The minimum Gasteiger partial charge on any atom is -0.469 e. The number of ether oxygens (including phenoxy) is 3.